The molecule has 0 amide bonds. The Morgan fingerprint density at radius 1 is 1.73 bits per heavy atom. The van der Waals surface area contributed by atoms with E-state index in [-0.39, 0.29) is 0 Å². The SMILES string of the molecule is CC1=CC(C)(S(N)(=O)=O)NO1. The fraction of sp³-hybridized carbons (Fsp3) is 0.600. The fourth-order valence-electron chi connectivity index (χ4n) is 0.769. The van der Waals surface area contributed by atoms with Crippen molar-refractivity contribution in [1.29, 1.82) is 0 Å². The predicted molar refractivity (Wildman–Crippen MR) is 39.5 cm³/mol. The first-order valence-corrected chi connectivity index (χ1v) is 4.56. The predicted octanol–water partition coefficient (Wildman–Crippen LogP) is -0.570. The van der Waals surface area contributed by atoms with Crippen LogP contribution in [0.25, 0.3) is 0 Å². The Morgan fingerprint density at radius 2 is 2.27 bits per heavy atom. The summed E-state index contributed by atoms with van der Waals surface area (Å²) in [6.45, 7) is 3.07. The molecular formula is C5H10N2O3S. The quantitative estimate of drug-likeness (QED) is 0.563. The lowest BCUT2D eigenvalue weighted by atomic mass is 10.3. The summed E-state index contributed by atoms with van der Waals surface area (Å²) < 4.78 is 21.8. The smallest absolute Gasteiger partial charge is 0.234 e. The molecule has 0 spiro atoms. The van der Waals surface area contributed by atoms with Gasteiger partial charge in [-0.3, -0.25) is 0 Å². The van der Waals surface area contributed by atoms with E-state index >= 15 is 0 Å². The highest BCUT2D eigenvalue weighted by Gasteiger charge is 2.39. The average Bonchev–Trinajstić information content (AvgIpc) is 2.10. The van der Waals surface area contributed by atoms with Crippen LogP contribution in [0.15, 0.2) is 11.8 Å². The molecule has 6 heteroatoms. The molecule has 0 saturated carbocycles. The summed E-state index contributed by atoms with van der Waals surface area (Å²) in [5.74, 6) is 0.501. The van der Waals surface area contributed by atoms with Crippen LogP contribution >= 0.6 is 0 Å². The Labute approximate surface area is 65.2 Å². The van der Waals surface area contributed by atoms with Gasteiger partial charge in [-0.1, -0.05) is 0 Å². The van der Waals surface area contributed by atoms with Gasteiger partial charge in [-0.05, 0) is 19.9 Å². The maximum atomic E-state index is 10.9. The first kappa shape index (κ1) is 8.51. The van der Waals surface area contributed by atoms with Crippen molar-refractivity contribution in [2.45, 2.75) is 18.7 Å². The number of hydrogen-bond donors (Lipinski definition) is 2. The van der Waals surface area contributed by atoms with Crippen molar-refractivity contribution >= 4 is 10.0 Å². The molecule has 1 aliphatic heterocycles. The van der Waals surface area contributed by atoms with Gasteiger partial charge in [-0.2, -0.15) is 0 Å². The maximum Gasteiger partial charge on any atom is 0.234 e. The first-order chi connectivity index (χ1) is 4.85. The zero-order valence-electron chi connectivity index (χ0n) is 6.29. The molecule has 1 aliphatic rings. The Kier molecular flexibility index (Phi) is 1.70. The van der Waals surface area contributed by atoms with Gasteiger partial charge in [0.2, 0.25) is 10.0 Å². The van der Waals surface area contributed by atoms with Gasteiger partial charge in [0.1, 0.15) is 5.76 Å². The molecule has 11 heavy (non-hydrogen) atoms. The summed E-state index contributed by atoms with van der Waals surface area (Å²) in [4.78, 5) is 3.47. The van der Waals surface area contributed by atoms with Gasteiger partial charge in [0, 0.05) is 0 Å². The monoisotopic (exact) mass is 178 g/mol. The van der Waals surface area contributed by atoms with Gasteiger partial charge >= 0.3 is 0 Å². The van der Waals surface area contributed by atoms with Crippen LogP contribution in [-0.4, -0.2) is 13.3 Å². The van der Waals surface area contributed by atoms with Crippen LogP contribution in [0.5, 0.6) is 0 Å². The number of nitrogens with one attached hydrogen (secondary N) is 1. The highest BCUT2D eigenvalue weighted by Crippen LogP contribution is 2.20. The van der Waals surface area contributed by atoms with Gasteiger partial charge < -0.3 is 4.84 Å². The molecule has 3 N–H and O–H groups in total. The number of hydrogen-bond acceptors (Lipinski definition) is 4. The lowest BCUT2D eigenvalue weighted by molar-refractivity contribution is 0.110. The third-order valence-electron chi connectivity index (χ3n) is 1.48. The van der Waals surface area contributed by atoms with Gasteiger partial charge in [0.15, 0.2) is 4.87 Å². The molecule has 0 radical (unpaired) electrons. The molecular weight excluding hydrogens is 168 g/mol. The van der Waals surface area contributed by atoms with E-state index < -0.39 is 14.9 Å². The van der Waals surface area contributed by atoms with Gasteiger partial charge in [0.05, 0.1) is 0 Å². The third-order valence-corrected chi connectivity index (χ3v) is 2.87. The topological polar surface area (TPSA) is 81.4 Å². The minimum absolute atomic E-state index is 0.501. The minimum atomic E-state index is -3.65. The summed E-state index contributed by atoms with van der Waals surface area (Å²) in [6.07, 6.45) is 1.42. The van der Waals surface area contributed by atoms with E-state index in [1.807, 2.05) is 0 Å². The van der Waals surface area contributed by atoms with Crippen LogP contribution in [0.3, 0.4) is 0 Å². The number of hydroxylamine groups is 1. The van der Waals surface area contributed by atoms with Crippen LogP contribution in [0.2, 0.25) is 0 Å². The van der Waals surface area contributed by atoms with Crippen molar-refractivity contribution in [1.82, 2.24) is 5.48 Å². The Hall–Kier alpha value is -0.590. The van der Waals surface area contributed by atoms with Gasteiger partial charge in [-0.15, -0.1) is 5.48 Å². The van der Waals surface area contributed by atoms with Crippen LogP contribution in [0.1, 0.15) is 13.8 Å². The largest absolute Gasteiger partial charge is 0.412 e. The number of sulfonamides is 1. The molecule has 64 valence electrons. The second-order valence-corrected chi connectivity index (χ2v) is 4.55. The van der Waals surface area contributed by atoms with Crippen molar-refractivity contribution < 1.29 is 13.3 Å². The molecule has 1 unspecified atom stereocenters. The van der Waals surface area contributed by atoms with E-state index in [1.165, 1.54) is 13.0 Å². The van der Waals surface area contributed by atoms with Crippen molar-refractivity contribution in [3.63, 3.8) is 0 Å². The third kappa shape index (κ3) is 1.37. The number of nitrogens with two attached hydrogens (primary N) is 1. The first-order valence-electron chi connectivity index (χ1n) is 3.01. The molecule has 1 heterocycles. The van der Waals surface area contributed by atoms with Crippen LogP contribution < -0.4 is 10.6 Å². The van der Waals surface area contributed by atoms with E-state index in [1.54, 1.807) is 6.92 Å². The lowest BCUT2D eigenvalue weighted by Gasteiger charge is -2.16. The van der Waals surface area contributed by atoms with Crippen molar-refractivity contribution in [3.05, 3.63) is 11.8 Å². The number of allylic oxidation sites excluding steroid dienone is 1. The van der Waals surface area contributed by atoms with E-state index in [0.717, 1.165) is 0 Å². The Balaban J connectivity index is 3.05. The molecule has 1 atom stereocenters. The van der Waals surface area contributed by atoms with Crippen molar-refractivity contribution in [3.8, 4) is 0 Å². The molecule has 0 aromatic carbocycles. The molecule has 0 aromatic rings. The van der Waals surface area contributed by atoms with E-state index in [2.05, 4.69) is 5.48 Å². The molecule has 0 aliphatic carbocycles. The van der Waals surface area contributed by atoms with Crippen molar-refractivity contribution in [2.24, 2.45) is 5.14 Å². The number of primary sulfonamides is 1. The summed E-state index contributed by atoms with van der Waals surface area (Å²) in [7, 11) is -3.65. The molecule has 0 fully saturated rings. The van der Waals surface area contributed by atoms with Crippen LogP contribution in [0, 0.1) is 0 Å². The molecule has 1 rings (SSSR count). The Morgan fingerprint density at radius 3 is 2.45 bits per heavy atom. The summed E-state index contributed by atoms with van der Waals surface area (Å²) in [6, 6.07) is 0. The maximum absolute atomic E-state index is 10.9. The second kappa shape index (κ2) is 2.20. The van der Waals surface area contributed by atoms with Crippen molar-refractivity contribution in [2.75, 3.05) is 0 Å². The highest BCUT2D eigenvalue weighted by atomic mass is 32.2. The number of rotatable bonds is 1. The van der Waals surface area contributed by atoms with Gasteiger partial charge in [0.25, 0.3) is 0 Å². The molecule has 0 saturated heterocycles. The molecule has 0 aromatic heterocycles. The zero-order valence-corrected chi connectivity index (χ0v) is 7.10. The minimum Gasteiger partial charge on any atom is -0.412 e. The second-order valence-electron chi connectivity index (χ2n) is 2.61. The standard InChI is InChI=1S/C5H10N2O3S/c1-4-3-5(2,7-10-4)11(6,8)9/h3,7H,1-2H3,(H2,6,8,9). The molecule has 0 bridgehead atoms. The molecule has 5 nitrogen and oxygen atoms in total. The zero-order chi connectivity index (χ0) is 8.70. The lowest BCUT2D eigenvalue weighted by Crippen LogP contribution is -2.47. The highest BCUT2D eigenvalue weighted by molar-refractivity contribution is 7.90. The average molecular weight is 178 g/mol. The normalized spacial score (nSPS) is 31.4. The van der Waals surface area contributed by atoms with Gasteiger partial charge in [-0.25, -0.2) is 13.6 Å². The Bertz CT molecular complexity index is 295. The van der Waals surface area contributed by atoms with Crippen LogP contribution in [0.4, 0.5) is 0 Å². The van der Waals surface area contributed by atoms with E-state index in [9.17, 15) is 8.42 Å². The van der Waals surface area contributed by atoms with Crippen LogP contribution in [-0.2, 0) is 14.9 Å². The van der Waals surface area contributed by atoms with E-state index in [0.29, 0.717) is 5.76 Å². The summed E-state index contributed by atoms with van der Waals surface area (Å²) in [5, 5.41) is 4.92. The van der Waals surface area contributed by atoms with E-state index in [4.69, 9.17) is 9.98 Å². The summed E-state index contributed by atoms with van der Waals surface area (Å²) >= 11 is 0. The fourth-order valence-corrected chi connectivity index (χ4v) is 1.26. The summed E-state index contributed by atoms with van der Waals surface area (Å²) in [5.41, 5.74) is 2.32.